The van der Waals surface area contributed by atoms with Gasteiger partial charge in [0, 0.05) is 0 Å². The standard InChI is InChI=1S/C9H17NO2/c1-3-5-6-7-12-9(11)8(10)4-2/h10H,3-7H2,1-2H3. The topological polar surface area (TPSA) is 50.2 Å². The molecule has 0 saturated heterocycles. The van der Waals surface area contributed by atoms with Crippen molar-refractivity contribution < 1.29 is 9.53 Å². The number of esters is 1. The van der Waals surface area contributed by atoms with Gasteiger partial charge < -0.3 is 4.74 Å². The highest BCUT2D eigenvalue weighted by molar-refractivity contribution is 6.34. The summed E-state index contributed by atoms with van der Waals surface area (Å²) in [5.74, 6) is -0.464. The SMILES string of the molecule is CCCCCOC(=O)C(=N)CC. The lowest BCUT2D eigenvalue weighted by molar-refractivity contribution is -0.135. The van der Waals surface area contributed by atoms with Crippen LogP contribution in [0.25, 0.3) is 0 Å². The van der Waals surface area contributed by atoms with Gasteiger partial charge in [-0.25, -0.2) is 4.79 Å². The van der Waals surface area contributed by atoms with Gasteiger partial charge in [-0.05, 0) is 12.8 Å². The molecule has 0 heterocycles. The maximum atomic E-state index is 10.9. The average Bonchev–Trinajstić information content (AvgIpc) is 2.10. The molecule has 0 fully saturated rings. The van der Waals surface area contributed by atoms with Crippen molar-refractivity contribution in [2.45, 2.75) is 39.5 Å². The van der Waals surface area contributed by atoms with Crippen molar-refractivity contribution in [1.82, 2.24) is 0 Å². The van der Waals surface area contributed by atoms with Crippen molar-refractivity contribution in [3.63, 3.8) is 0 Å². The Hall–Kier alpha value is -0.860. The lowest BCUT2D eigenvalue weighted by Crippen LogP contribution is -2.16. The number of hydrogen-bond acceptors (Lipinski definition) is 3. The highest BCUT2D eigenvalue weighted by Gasteiger charge is 2.06. The maximum Gasteiger partial charge on any atom is 0.351 e. The van der Waals surface area contributed by atoms with Crippen molar-refractivity contribution in [1.29, 1.82) is 5.41 Å². The molecular weight excluding hydrogens is 154 g/mol. The van der Waals surface area contributed by atoms with Gasteiger partial charge in [0.2, 0.25) is 0 Å². The van der Waals surface area contributed by atoms with E-state index < -0.39 is 5.97 Å². The molecule has 3 nitrogen and oxygen atoms in total. The zero-order valence-electron chi connectivity index (χ0n) is 7.85. The third-order valence-corrected chi connectivity index (χ3v) is 1.58. The number of carbonyl (C=O) groups is 1. The van der Waals surface area contributed by atoms with Crippen LogP contribution in [0.1, 0.15) is 39.5 Å². The number of ether oxygens (including phenoxy) is 1. The van der Waals surface area contributed by atoms with Gasteiger partial charge in [0.25, 0.3) is 0 Å². The third-order valence-electron chi connectivity index (χ3n) is 1.58. The van der Waals surface area contributed by atoms with Crippen LogP contribution in [0.2, 0.25) is 0 Å². The number of hydrogen-bond donors (Lipinski definition) is 1. The Morgan fingerprint density at radius 3 is 2.50 bits per heavy atom. The Balaban J connectivity index is 3.38. The second-order valence-electron chi connectivity index (χ2n) is 2.68. The van der Waals surface area contributed by atoms with Crippen LogP contribution in [0, 0.1) is 5.41 Å². The first-order valence-corrected chi connectivity index (χ1v) is 4.46. The van der Waals surface area contributed by atoms with Crippen LogP contribution in [-0.2, 0) is 9.53 Å². The van der Waals surface area contributed by atoms with Gasteiger partial charge in [-0.2, -0.15) is 0 Å². The Morgan fingerprint density at radius 1 is 1.33 bits per heavy atom. The van der Waals surface area contributed by atoms with E-state index in [2.05, 4.69) is 6.92 Å². The van der Waals surface area contributed by atoms with E-state index in [0.29, 0.717) is 13.0 Å². The summed E-state index contributed by atoms with van der Waals surface area (Å²) < 4.78 is 4.83. The molecule has 0 aliphatic rings. The monoisotopic (exact) mass is 171 g/mol. The molecule has 0 aliphatic carbocycles. The molecule has 0 saturated carbocycles. The van der Waals surface area contributed by atoms with E-state index in [-0.39, 0.29) is 5.71 Å². The van der Waals surface area contributed by atoms with E-state index in [1.807, 2.05) is 0 Å². The van der Waals surface area contributed by atoms with E-state index in [4.69, 9.17) is 10.1 Å². The molecule has 0 amide bonds. The molecule has 0 unspecified atom stereocenters. The molecule has 0 aromatic carbocycles. The summed E-state index contributed by atoms with van der Waals surface area (Å²) in [5.41, 5.74) is 0.0616. The lowest BCUT2D eigenvalue weighted by atomic mass is 10.2. The molecule has 12 heavy (non-hydrogen) atoms. The predicted molar refractivity (Wildman–Crippen MR) is 48.5 cm³/mol. The highest BCUT2D eigenvalue weighted by Crippen LogP contribution is 1.95. The van der Waals surface area contributed by atoms with Crippen LogP contribution in [0.15, 0.2) is 0 Å². The Morgan fingerprint density at radius 2 is 2.00 bits per heavy atom. The van der Waals surface area contributed by atoms with Gasteiger partial charge in [-0.1, -0.05) is 26.7 Å². The minimum Gasteiger partial charge on any atom is -0.461 e. The van der Waals surface area contributed by atoms with Gasteiger partial charge in [0.05, 0.1) is 6.61 Å². The van der Waals surface area contributed by atoms with Gasteiger partial charge >= 0.3 is 5.97 Å². The molecule has 3 heteroatoms. The van der Waals surface area contributed by atoms with Crippen LogP contribution in [-0.4, -0.2) is 18.3 Å². The van der Waals surface area contributed by atoms with Crippen LogP contribution in [0.3, 0.4) is 0 Å². The lowest BCUT2D eigenvalue weighted by Gasteiger charge is -2.02. The van der Waals surface area contributed by atoms with Crippen molar-refractivity contribution in [2.24, 2.45) is 0 Å². The molecular formula is C9H17NO2. The molecule has 0 rings (SSSR count). The molecule has 0 atom stereocenters. The fourth-order valence-electron chi connectivity index (χ4n) is 0.748. The average molecular weight is 171 g/mol. The summed E-state index contributed by atoms with van der Waals surface area (Å²) in [6.07, 6.45) is 3.54. The molecule has 0 aromatic rings. The summed E-state index contributed by atoms with van der Waals surface area (Å²) in [5, 5.41) is 7.15. The molecule has 0 radical (unpaired) electrons. The highest BCUT2D eigenvalue weighted by atomic mass is 16.5. The Bertz CT molecular complexity index is 155. The van der Waals surface area contributed by atoms with Gasteiger partial charge in [-0.3, -0.25) is 5.41 Å². The van der Waals surface area contributed by atoms with Crippen molar-refractivity contribution >= 4 is 11.7 Å². The smallest absolute Gasteiger partial charge is 0.351 e. The number of rotatable bonds is 6. The first-order valence-electron chi connectivity index (χ1n) is 4.46. The zero-order chi connectivity index (χ0) is 9.40. The van der Waals surface area contributed by atoms with Gasteiger partial charge in [0.1, 0.15) is 5.71 Å². The number of carbonyl (C=O) groups excluding carboxylic acids is 1. The molecule has 0 spiro atoms. The van der Waals surface area contributed by atoms with E-state index in [1.165, 1.54) is 0 Å². The predicted octanol–water partition coefficient (Wildman–Crippen LogP) is 2.15. The molecule has 0 aromatic heterocycles. The third kappa shape index (κ3) is 4.88. The first-order chi connectivity index (χ1) is 5.72. The van der Waals surface area contributed by atoms with E-state index in [1.54, 1.807) is 6.92 Å². The zero-order valence-corrected chi connectivity index (χ0v) is 7.85. The van der Waals surface area contributed by atoms with E-state index in [0.717, 1.165) is 19.3 Å². The molecule has 0 bridgehead atoms. The van der Waals surface area contributed by atoms with Crippen molar-refractivity contribution in [3.05, 3.63) is 0 Å². The van der Waals surface area contributed by atoms with Crippen LogP contribution < -0.4 is 0 Å². The minimum atomic E-state index is -0.464. The quantitative estimate of drug-likeness (QED) is 0.378. The Labute approximate surface area is 73.6 Å². The summed E-state index contributed by atoms with van der Waals surface area (Å²) >= 11 is 0. The summed E-state index contributed by atoms with van der Waals surface area (Å²) in [6, 6.07) is 0. The molecule has 1 N–H and O–H groups in total. The normalized spacial score (nSPS) is 9.50. The molecule has 70 valence electrons. The van der Waals surface area contributed by atoms with Gasteiger partial charge in [-0.15, -0.1) is 0 Å². The fraction of sp³-hybridized carbons (Fsp3) is 0.778. The Kier molecular flexibility index (Phi) is 6.34. The molecule has 0 aliphatic heterocycles. The van der Waals surface area contributed by atoms with E-state index >= 15 is 0 Å². The van der Waals surface area contributed by atoms with Crippen molar-refractivity contribution in [3.8, 4) is 0 Å². The van der Waals surface area contributed by atoms with Crippen LogP contribution in [0.5, 0.6) is 0 Å². The maximum absolute atomic E-state index is 10.9. The fourth-order valence-corrected chi connectivity index (χ4v) is 0.748. The van der Waals surface area contributed by atoms with Crippen LogP contribution >= 0.6 is 0 Å². The largest absolute Gasteiger partial charge is 0.461 e. The minimum absolute atomic E-state index is 0.0616. The van der Waals surface area contributed by atoms with Crippen LogP contribution in [0.4, 0.5) is 0 Å². The van der Waals surface area contributed by atoms with Crippen molar-refractivity contribution in [2.75, 3.05) is 6.61 Å². The second-order valence-corrected chi connectivity index (χ2v) is 2.68. The van der Waals surface area contributed by atoms with Gasteiger partial charge in [0.15, 0.2) is 0 Å². The number of unbranched alkanes of at least 4 members (excludes halogenated alkanes) is 2. The summed E-state index contributed by atoms with van der Waals surface area (Å²) in [7, 11) is 0. The first kappa shape index (κ1) is 11.1. The second kappa shape index (κ2) is 6.83. The van der Waals surface area contributed by atoms with E-state index in [9.17, 15) is 4.79 Å². The summed E-state index contributed by atoms with van der Waals surface area (Å²) in [4.78, 5) is 10.9. The number of nitrogens with one attached hydrogen (secondary N) is 1. The summed E-state index contributed by atoms with van der Waals surface area (Å²) in [6.45, 7) is 4.32.